The zero-order valence-corrected chi connectivity index (χ0v) is 13.2. The number of carboxylic acids is 1. The number of amides is 1. The Morgan fingerprint density at radius 1 is 1.13 bits per heavy atom. The molecule has 0 aliphatic heterocycles. The van der Waals surface area contributed by atoms with Crippen molar-refractivity contribution in [2.24, 2.45) is 0 Å². The summed E-state index contributed by atoms with van der Waals surface area (Å²) in [6.07, 6.45) is 0.0627. The van der Waals surface area contributed by atoms with Crippen LogP contribution in [0.4, 0.5) is 0 Å². The molecule has 1 aromatic carbocycles. The summed E-state index contributed by atoms with van der Waals surface area (Å²) in [5.41, 5.74) is 0.876. The third-order valence-corrected chi connectivity index (χ3v) is 3.12. The second-order valence-corrected chi connectivity index (χ2v) is 5.40. The van der Waals surface area contributed by atoms with E-state index in [1.807, 2.05) is 45.0 Å². The molecule has 2 rings (SSSR count). The molecule has 6 heteroatoms. The second-order valence-electron chi connectivity index (χ2n) is 5.40. The third kappa shape index (κ3) is 4.35. The quantitative estimate of drug-likeness (QED) is 0.853. The highest BCUT2D eigenvalue weighted by Crippen LogP contribution is 2.20. The number of rotatable bonds is 6. The summed E-state index contributed by atoms with van der Waals surface area (Å²) >= 11 is 0. The average Bonchev–Trinajstić information content (AvgIpc) is 2.97. The number of carbonyl (C=O) groups excluding carboxylic acids is 1. The van der Waals surface area contributed by atoms with Gasteiger partial charge in [-0.3, -0.25) is 4.79 Å². The highest BCUT2D eigenvalue weighted by molar-refractivity contribution is 5.93. The van der Waals surface area contributed by atoms with Crippen LogP contribution in [0.2, 0.25) is 0 Å². The fraction of sp³-hybridized carbons (Fsp3) is 0.294. The minimum atomic E-state index is -1.21. The lowest BCUT2D eigenvalue weighted by molar-refractivity contribution is 0.0659. The summed E-state index contributed by atoms with van der Waals surface area (Å²) in [6.45, 7) is 5.71. The number of carbonyl (C=O) groups is 2. The van der Waals surface area contributed by atoms with Crippen molar-refractivity contribution in [3.8, 4) is 5.75 Å². The molecule has 1 unspecified atom stereocenters. The number of furan rings is 1. The number of ether oxygens (including phenoxy) is 1. The Bertz CT molecular complexity index is 705. The van der Waals surface area contributed by atoms with Crippen LogP contribution in [0.3, 0.4) is 0 Å². The number of hydrogen-bond donors (Lipinski definition) is 2. The lowest BCUT2D eigenvalue weighted by atomic mass is 10.1. The van der Waals surface area contributed by atoms with Gasteiger partial charge in [-0.05, 0) is 50.6 Å². The fourth-order valence-electron chi connectivity index (χ4n) is 2.06. The van der Waals surface area contributed by atoms with E-state index in [1.54, 1.807) is 0 Å². The fourth-order valence-corrected chi connectivity index (χ4v) is 2.06. The predicted molar refractivity (Wildman–Crippen MR) is 83.8 cm³/mol. The Kier molecular flexibility index (Phi) is 5.05. The molecule has 1 amide bonds. The van der Waals surface area contributed by atoms with Gasteiger partial charge in [0.1, 0.15) is 5.75 Å². The summed E-state index contributed by atoms with van der Waals surface area (Å²) in [5.74, 6) is -1.26. The molecule has 23 heavy (non-hydrogen) atoms. The number of nitrogens with one attached hydrogen (secondary N) is 1. The molecule has 0 saturated carbocycles. The van der Waals surface area contributed by atoms with Gasteiger partial charge < -0.3 is 19.6 Å². The van der Waals surface area contributed by atoms with Crippen LogP contribution in [0, 0.1) is 0 Å². The number of aromatic carboxylic acids is 1. The molecule has 0 fully saturated rings. The van der Waals surface area contributed by atoms with E-state index in [2.05, 4.69) is 5.32 Å². The first-order valence-electron chi connectivity index (χ1n) is 7.27. The van der Waals surface area contributed by atoms with Crippen LogP contribution in [0.25, 0.3) is 0 Å². The molecule has 1 heterocycles. The van der Waals surface area contributed by atoms with Crippen molar-refractivity contribution >= 4 is 11.9 Å². The van der Waals surface area contributed by atoms with Crippen molar-refractivity contribution < 1.29 is 23.8 Å². The summed E-state index contributed by atoms with van der Waals surface area (Å²) in [6, 6.07) is 9.74. The first-order valence-corrected chi connectivity index (χ1v) is 7.27. The second kappa shape index (κ2) is 7.00. The molecule has 0 bridgehead atoms. The van der Waals surface area contributed by atoms with Crippen LogP contribution in [0.5, 0.6) is 5.75 Å². The van der Waals surface area contributed by atoms with Crippen molar-refractivity contribution in [1.82, 2.24) is 5.32 Å². The van der Waals surface area contributed by atoms with Crippen molar-refractivity contribution in [1.29, 1.82) is 0 Å². The van der Waals surface area contributed by atoms with Gasteiger partial charge >= 0.3 is 5.97 Å². The van der Waals surface area contributed by atoms with Gasteiger partial charge in [-0.25, -0.2) is 4.79 Å². The minimum absolute atomic E-state index is 0.0381. The van der Waals surface area contributed by atoms with Crippen LogP contribution < -0.4 is 10.1 Å². The van der Waals surface area contributed by atoms with E-state index in [4.69, 9.17) is 14.3 Å². The highest BCUT2D eigenvalue weighted by Gasteiger charge is 2.17. The monoisotopic (exact) mass is 317 g/mol. The maximum atomic E-state index is 12.1. The molecular formula is C17H19NO5. The Hall–Kier alpha value is -2.76. The van der Waals surface area contributed by atoms with Gasteiger partial charge in [-0.2, -0.15) is 0 Å². The van der Waals surface area contributed by atoms with E-state index >= 15 is 0 Å². The highest BCUT2D eigenvalue weighted by atomic mass is 16.5. The molecule has 0 aliphatic rings. The molecule has 0 radical (unpaired) electrons. The number of hydrogen-bond acceptors (Lipinski definition) is 4. The molecule has 1 aromatic heterocycles. The van der Waals surface area contributed by atoms with Crippen LogP contribution in [0.1, 0.15) is 53.5 Å². The van der Waals surface area contributed by atoms with Crippen molar-refractivity contribution in [2.75, 3.05) is 0 Å². The maximum Gasteiger partial charge on any atom is 0.371 e. The smallest absolute Gasteiger partial charge is 0.371 e. The van der Waals surface area contributed by atoms with E-state index in [0.717, 1.165) is 11.3 Å². The topological polar surface area (TPSA) is 88.8 Å². The molecule has 0 saturated heterocycles. The lowest BCUT2D eigenvalue weighted by Crippen LogP contribution is -2.26. The van der Waals surface area contributed by atoms with Gasteiger partial charge in [-0.1, -0.05) is 12.1 Å². The zero-order valence-electron chi connectivity index (χ0n) is 13.2. The van der Waals surface area contributed by atoms with Gasteiger partial charge in [0.05, 0.1) is 12.1 Å². The van der Waals surface area contributed by atoms with E-state index in [1.165, 1.54) is 12.1 Å². The molecule has 2 N–H and O–H groups in total. The standard InChI is InChI=1S/C17H19NO5/c1-10(2)22-13-6-4-5-12(9-13)11(3)18-16(19)14-7-8-15(23-14)17(20)21/h4-11H,1-3H3,(H,18,19)(H,20,21). The Morgan fingerprint density at radius 2 is 1.83 bits per heavy atom. The van der Waals surface area contributed by atoms with Crippen molar-refractivity contribution in [2.45, 2.75) is 32.9 Å². The summed E-state index contributed by atoms with van der Waals surface area (Å²) in [5, 5.41) is 11.6. The minimum Gasteiger partial charge on any atom is -0.491 e. The lowest BCUT2D eigenvalue weighted by Gasteiger charge is -2.16. The molecular weight excluding hydrogens is 298 g/mol. The third-order valence-electron chi connectivity index (χ3n) is 3.12. The Labute approximate surface area is 134 Å². The van der Waals surface area contributed by atoms with Crippen LogP contribution in [-0.2, 0) is 0 Å². The first kappa shape index (κ1) is 16.6. The van der Waals surface area contributed by atoms with E-state index in [-0.39, 0.29) is 23.7 Å². The maximum absolute atomic E-state index is 12.1. The predicted octanol–water partition coefficient (Wildman–Crippen LogP) is 3.26. The molecule has 122 valence electrons. The van der Waals surface area contributed by atoms with Gasteiger partial charge in [0.15, 0.2) is 5.76 Å². The Morgan fingerprint density at radius 3 is 2.43 bits per heavy atom. The van der Waals surface area contributed by atoms with Crippen molar-refractivity contribution in [3.05, 3.63) is 53.5 Å². The SMILES string of the molecule is CC(C)Oc1cccc(C(C)NC(=O)c2ccc(C(=O)O)o2)c1. The summed E-state index contributed by atoms with van der Waals surface area (Å²) in [7, 11) is 0. The molecule has 6 nitrogen and oxygen atoms in total. The molecule has 0 aliphatic carbocycles. The molecule has 2 aromatic rings. The number of carboxylic acid groups (broad SMARTS) is 1. The summed E-state index contributed by atoms with van der Waals surface area (Å²) < 4.78 is 10.6. The van der Waals surface area contributed by atoms with Crippen molar-refractivity contribution in [3.63, 3.8) is 0 Å². The van der Waals surface area contributed by atoms with Gasteiger partial charge in [-0.15, -0.1) is 0 Å². The van der Waals surface area contributed by atoms with Gasteiger partial charge in [0, 0.05) is 0 Å². The van der Waals surface area contributed by atoms with Crippen LogP contribution in [0.15, 0.2) is 40.8 Å². The Balaban J connectivity index is 2.07. The average molecular weight is 317 g/mol. The summed E-state index contributed by atoms with van der Waals surface area (Å²) in [4.78, 5) is 22.9. The van der Waals surface area contributed by atoms with Crippen LogP contribution >= 0.6 is 0 Å². The van der Waals surface area contributed by atoms with Gasteiger partial charge in [0.2, 0.25) is 5.76 Å². The van der Waals surface area contributed by atoms with E-state index < -0.39 is 11.9 Å². The normalized spacial score (nSPS) is 12.0. The largest absolute Gasteiger partial charge is 0.491 e. The van der Waals surface area contributed by atoms with Crippen LogP contribution in [-0.4, -0.2) is 23.1 Å². The molecule has 0 spiro atoms. The van der Waals surface area contributed by atoms with Gasteiger partial charge in [0.25, 0.3) is 5.91 Å². The number of benzene rings is 1. The first-order chi connectivity index (χ1) is 10.9. The van der Waals surface area contributed by atoms with E-state index in [0.29, 0.717) is 0 Å². The zero-order chi connectivity index (χ0) is 17.0. The van der Waals surface area contributed by atoms with E-state index in [9.17, 15) is 9.59 Å². The molecule has 1 atom stereocenters.